The summed E-state index contributed by atoms with van der Waals surface area (Å²) in [6.45, 7) is 3.78. The monoisotopic (exact) mass is 308 g/mol. The van der Waals surface area contributed by atoms with E-state index in [4.69, 9.17) is 0 Å². The molecule has 2 N–H and O–H groups in total. The van der Waals surface area contributed by atoms with Gasteiger partial charge in [-0.25, -0.2) is 4.98 Å². The van der Waals surface area contributed by atoms with Gasteiger partial charge in [-0.1, -0.05) is 6.07 Å². The molecule has 2 rings (SSSR count). The van der Waals surface area contributed by atoms with Gasteiger partial charge in [0.05, 0.1) is 17.2 Å². The molecule has 0 saturated heterocycles. The van der Waals surface area contributed by atoms with Crippen LogP contribution in [0, 0.1) is 6.92 Å². The first-order chi connectivity index (χ1) is 9.47. The maximum absolute atomic E-state index is 11.7. The summed E-state index contributed by atoms with van der Waals surface area (Å²) >= 11 is 3.01. The Labute approximate surface area is 125 Å². The number of aryl methyl sites for hydroxylation is 1. The molecule has 6 heteroatoms. The van der Waals surface area contributed by atoms with Gasteiger partial charge in [-0.3, -0.25) is 4.79 Å². The van der Waals surface area contributed by atoms with Gasteiger partial charge in [0, 0.05) is 16.3 Å². The summed E-state index contributed by atoms with van der Waals surface area (Å²) in [5, 5.41) is 17.7. The molecule has 1 unspecified atom stereocenters. The largest absolute Gasteiger partial charge is 0.383 e. The van der Waals surface area contributed by atoms with Gasteiger partial charge < -0.3 is 10.4 Å². The summed E-state index contributed by atoms with van der Waals surface area (Å²) in [6, 6.07) is 3.73. The van der Waals surface area contributed by atoms with Gasteiger partial charge in [-0.15, -0.1) is 22.7 Å². The Morgan fingerprint density at radius 3 is 2.95 bits per heavy atom. The fraction of sp³-hybridized carbons (Fsp3) is 0.286. The zero-order valence-electron chi connectivity index (χ0n) is 11.3. The number of nitrogens with one attached hydrogen (secondary N) is 1. The van der Waals surface area contributed by atoms with Crippen molar-refractivity contribution in [1.82, 2.24) is 10.3 Å². The maximum atomic E-state index is 11.7. The van der Waals surface area contributed by atoms with Crippen LogP contribution < -0.4 is 5.32 Å². The Morgan fingerprint density at radius 1 is 1.55 bits per heavy atom. The van der Waals surface area contributed by atoms with Gasteiger partial charge in [0.1, 0.15) is 5.60 Å². The quantitative estimate of drug-likeness (QED) is 0.835. The van der Waals surface area contributed by atoms with Gasteiger partial charge in [-0.2, -0.15) is 0 Å². The highest BCUT2D eigenvalue weighted by Gasteiger charge is 2.24. The summed E-state index contributed by atoms with van der Waals surface area (Å²) in [6.07, 6.45) is 3.09. The van der Waals surface area contributed by atoms with Gasteiger partial charge in [-0.05, 0) is 31.4 Å². The van der Waals surface area contributed by atoms with Crippen LogP contribution in [0.15, 0.2) is 29.0 Å². The zero-order chi connectivity index (χ0) is 14.6. The maximum Gasteiger partial charge on any atom is 0.244 e. The van der Waals surface area contributed by atoms with Crippen LogP contribution in [-0.4, -0.2) is 22.5 Å². The van der Waals surface area contributed by atoms with Crippen molar-refractivity contribution in [2.45, 2.75) is 19.4 Å². The van der Waals surface area contributed by atoms with Crippen molar-refractivity contribution >= 4 is 34.7 Å². The molecule has 0 radical (unpaired) electrons. The molecule has 0 fully saturated rings. The molecule has 0 aliphatic carbocycles. The minimum atomic E-state index is -1.05. The van der Waals surface area contributed by atoms with E-state index >= 15 is 0 Å². The number of hydrogen-bond donors (Lipinski definition) is 2. The summed E-state index contributed by atoms with van der Waals surface area (Å²) in [5.74, 6) is -0.243. The predicted octanol–water partition coefficient (Wildman–Crippen LogP) is 2.55. The number of aromatic nitrogens is 1. The lowest BCUT2D eigenvalue weighted by atomic mass is 10.1. The zero-order valence-corrected chi connectivity index (χ0v) is 12.9. The minimum Gasteiger partial charge on any atom is -0.383 e. The molecule has 20 heavy (non-hydrogen) atoms. The lowest BCUT2D eigenvalue weighted by Gasteiger charge is -2.21. The summed E-state index contributed by atoms with van der Waals surface area (Å²) in [7, 11) is 0. The second kappa shape index (κ2) is 6.30. The smallest absolute Gasteiger partial charge is 0.244 e. The number of carbonyl (C=O) groups is 1. The number of amides is 1. The first-order valence-electron chi connectivity index (χ1n) is 6.12. The van der Waals surface area contributed by atoms with E-state index in [0.29, 0.717) is 0 Å². The van der Waals surface area contributed by atoms with Gasteiger partial charge in [0.2, 0.25) is 5.91 Å². The van der Waals surface area contributed by atoms with Crippen LogP contribution in [-0.2, 0) is 10.4 Å². The Kier molecular flexibility index (Phi) is 4.69. The van der Waals surface area contributed by atoms with Gasteiger partial charge in [0.15, 0.2) is 0 Å². The van der Waals surface area contributed by atoms with Gasteiger partial charge in [0.25, 0.3) is 0 Å². The molecule has 0 aromatic carbocycles. The Morgan fingerprint density at radius 2 is 2.35 bits per heavy atom. The van der Waals surface area contributed by atoms with Crippen molar-refractivity contribution in [3.05, 3.63) is 44.5 Å². The summed E-state index contributed by atoms with van der Waals surface area (Å²) in [4.78, 5) is 16.8. The molecule has 1 amide bonds. The van der Waals surface area contributed by atoms with E-state index in [0.717, 1.165) is 15.6 Å². The lowest BCUT2D eigenvalue weighted by Crippen LogP contribution is -2.37. The third-order valence-electron chi connectivity index (χ3n) is 2.70. The molecule has 0 aliphatic heterocycles. The van der Waals surface area contributed by atoms with Crippen molar-refractivity contribution < 1.29 is 9.90 Å². The molecule has 1 atom stereocenters. The average Bonchev–Trinajstić information content (AvgIpc) is 3.05. The first-order valence-corrected chi connectivity index (χ1v) is 7.88. The Balaban J connectivity index is 1.88. The van der Waals surface area contributed by atoms with Crippen LogP contribution in [0.5, 0.6) is 0 Å². The first kappa shape index (κ1) is 14.9. The molecule has 2 aromatic heterocycles. The van der Waals surface area contributed by atoms with E-state index in [1.165, 1.54) is 28.7 Å². The Hall–Kier alpha value is -1.50. The Bertz CT molecular complexity index is 600. The molecule has 0 aliphatic rings. The topological polar surface area (TPSA) is 62.2 Å². The molecule has 0 spiro atoms. The van der Waals surface area contributed by atoms with Crippen LogP contribution in [0.1, 0.15) is 22.5 Å². The number of hydrogen-bond acceptors (Lipinski definition) is 5. The van der Waals surface area contributed by atoms with E-state index in [-0.39, 0.29) is 12.5 Å². The number of rotatable bonds is 5. The van der Waals surface area contributed by atoms with Crippen molar-refractivity contribution in [3.63, 3.8) is 0 Å². The second-order valence-corrected chi connectivity index (χ2v) is 6.60. The molecular weight excluding hydrogens is 292 g/mol. The fourth-order valence-electron chi connectivity index (χ4n) is 1.61. The summed E-state index contributed by atoms with van der Waals surface area (Å²) < 4.78 is 0. The van der Waals surface area contributed by atoms with E-state index in [2.05, 4.69) is 10.3 Å². The van der Waals surface area contributed by atoms with Crippen LogP contribution in [0.25, 0.3) is 6.08 Å². The van der Waals surface area contributed by atoms with Gasteiger partial charge >= 0.3 is 0 Å². The van der Waals surface area contributed by atoms with Crippen molar-refractivity contribution in [3.8, 4) is 0 Å². The summed E-state index contributed by atoms with van der Waals surface area (Å²) in [5.41, 5.74) is -0.276. The molecule has 2 heterocycles. The minimum absolute atomic E-state index is 0.173. The van der Waals surface area contributed by atoms with E-state index in [9.17, 15) is 9.90 Å². The van der Waals surface area contributed by atoms with Crippen LogP contribution in [0.2, 0.25) is 0 Å². The highest BCUT2D eigenvalue weighted by Crippen LogP contribution is 2.24. The van der Waals surface area contributed by atoms with E-state index < -0.39 is 5.60 Å². The SMILES string of the molecule is Cc1nc(C=CC(=O)NCC(C)(O)c2cccs2)cs1. The number of aliphatic hydroxyl groups is 1. The van der Waals surface area contributed by atoms with Crippen LogP contribution in [0.4, 0.5) is 0 Å². The molecule has 4 nitrogen and oxygen atoms in total. The predicted molar refractivity (Wildman–Crippen MR) is 82.8 cm³/mol. The van der Waals surface area contributed by atoms with E-state index in [1.54, 1.807) is 13.0 Å². The highest BCUT2D eigenvalue weighted by molar-refractivity contribution is 7.10. The van der Waals surface area contributed by atoms with Crippen molar-refractivity contribution in [1.29, 1.82) is 0 Å². The third kappa shape index (κ3) is 4.00. The van der Waals surface area contributed by atoms with Crippen molar-refractivity contribution in [2.75, 3.05) is 6.54 Å². The molecule has 0 bridgehead atoms. The fourth-order valence-corrected chi connectivity index (χ4v) is 2.98. The van der Waals surface area contributed by atoms with Crippen LogP contribution in [0.3, 0.4) is 0 Å². The molecule has 2 aromatic rings. The molecular formula is C14H16N2O2S2. The number of thiophene rings is 1. The normalized spacial score (nSPS) is 14.3. The third-order valence-corrected chi connectivity index (χ3v) is 4.62. The standard InChI is InChI=1S/C14H16N2O2S2/c1-10-16-11(8-20-10)5-6-13(17)15-9-14(2,18)12-4-3-7-19-12/h3-8,18H,9H2,1-2H3,(H,15,17). The van der Waals surface area contributed by atoms with Crippen molar-refractivity contribution in [2.24, 2.45) is 0 Å². The molecule has 0 saturated carbocycles. The van der Waals surface area contributed by atoms with Crippen LogP contribution >= 0.6 is 22.7 Å². The number of thiazole rings is 1. The number of nitrogens with zero attached hydrogens (tertiary/aromatic N) is 1. The molecule has 106 valence electrons. The van der Waals surface area contributed by atoms with E-state index in [1.807, 2.05) is 29.8 Å². The second-order valence-electron chi connectivity index (χ2n) is 4.59. The number of carbonyl (C=O) groups excluding carboxylic acids is 1. The highest BCUT2D eigenvalue weighted by atomic mass is 32.1. The average molecular weight is 308 g/mol. The lowest BCUT2D eigenvalue weighted by molar-refractivity contribution is -0.117.